The highest BCUT2D eigenvalue weighted by molar-refractivity contribution is 6.30. The predicted molar refractivity (Wildman–Crippen MR) is 58.0 cm³/mol. The van der Waals surface area contributed by atoms with Crippen molar-refractivity contribution in [3.05, 3.63) is 46.5 Å². The quantitative estimate of drug-likeness (QED) is 0.727. The summed E-state index contributed by atoms with van der Waals surface area (Å²) in [5.41, 5.74) is 2.32. The van der Waals surface area contributed by atoms with Crippen molar-refractivity contribution in [2.45, 2.75) is 13.8 Å². The zero-order valence-electron chi connectivity index (χ0n) is 8.46. The highest BCUT2D eigenvalue weighted by Crippen LogP contribution is 2.22. The second-order valence-electron chi connectivity index (χ2n) is 3.40. The lowest BCUT2D eigenvalue weighted by atomic mass is 10.2. The molecule has 4 heteroatoms. The third-order valence-electron chi connectivity index (χ3n) is 2.41. The molecular formula is C11H10ClFN2. The summed E-state index contributed by atoms with van der Waals surface area (Å²) < 4.78 is 15.2. The first kappa shape index (κ1) is 10.2. The van der Waals surface area contributed by atoms with Crippen molar-refractivity contribution in [3.8, 4) is 5.69 Å². The minimum absolute atomic E-state index is 0.111. The van der Waals surface area contributed by atoms with Crippen LogP contribution < -0.4 is 0 Å². The Morgan fingerprint density at radius 3 is 2.67 bits per heavy atom. The number of hydrogen-bond donors (Lipinski definition) is 0. The van der Waals surface area contributed by atoms with E-state index >= 15 is 0 Å². The van der Waals surface area contributed by atoms with Gasteiger partial charge in [-0.15, -0.1) is 0 Å². The highest BCUT2D eigenvalue weighted by atomic mass is 35.5. The summed E-state index contributed by atoms with van der Waals surface area (Å²) in [4.78, 5) is 0. The summed E-state index contributed by atoms with van der Waals surface area (Å²) in [6, 6.07) is 4.88. The van der Waals surface area contributed by atoms with Gasteiger partial charge >= 0.3 is 0 Å². The molecule has 0 bridgehead atoms. The van der Waals surface area contributed by atoms with Crippen molar-refractivity contribution in [2.24, 2.45) is 0 Å². The van der Waals surface area contributed by atoms with Crippen LogP contribution in [0.15, 0.2) is 24.4 Å². The number of rotatable bonds is 1. The standard InChI is InChI=1S/C11H10ClFN2/c1-7-6-14-15(8(7)2)10-5-3-4-9(12)11(10)13/h3-6H,1-2H3. The van der Waals surface area contributed by atoms with Crippen LogP contribution in [0, 0.1) is 19.7 Å². The van der Waals surface area contributed by atoms with Gasteiger partial charge in [-0.2, -0.15) is 5.10 Å². The van der Waals surface area contributed by atoms with Crippen molar-refractivity contribution in [1.29, 1.82) is 0 Å². The van der Waals surface area contributed by atoms with E-state index in [4.69, 9.17) is 11.6 Å². The molecule has 1 aromatic heterocycles. The number of halogens is 2. The van der Waals surface area contributed by atoms with E-state index in [1.807, 2.05) is 13.8 Å². The van der Waals surface area contributed by atoms with Crippen LogP contribution in [0.4, 0.5) is 4.39 Å². The molecule has 0 saturated carbocycles. The lowest BCUT2D eigenvalue weighted by Crippen LogP contribution is -2.02. The van der Waals surface area contributed by atoms with Crippen LogP contribution >= 0.6 is 11.6 Å². The Morgan fingerprint density at radius 2 is 2.07 bits per heavy atom. The van der Waals surface area contributed by atoms with E-state index in [1.54, 1.807) is 23.0 Å². The third-order valence-corrected chi connectivity index (χ3v) is 2.71. The molecule has 78 valence electrons. The fourth-order valence-electron chi connectivity index (χ4n) is 1.39. The lowest BCUT2D eigenvalue weighted by molar-refractivity contribution is 0.609. The SMILES string of the molecule is Cc1cnn(-c2cccc(Cl)c2F)c1C. The van der Waals surface area contributed by atoms with Crippen LogP contribution in [-0.2, 0) is 0 Å². The molecule has 0 fully saturated rings. The maximum atomic E-state index is 13.7. The van der Waals surface area contributed by atoms with Gasteiger partial charge in [-0.3, -0.25) is 0 Å². The van der Waals surface area contributed by atoms with Crippen LogP contribution in [0.1, 0.15) is 11.3 Å². The number of hydrogen-bond acceptors (Lipinski definition) is 1. The smallest absolute Gasteiger partial charge is 0.167 e. The summed E-state index contributed by atoms with van der Waals surface area (Å²) in [5, 5.41) is 4.22. The highest BCUT2D eigenvalue weighted by Gasteiger charge is 2.11. The van der Waals surface area contributed by atoms with Gasteiger partial charge in [-0.25, -0.2) is 9.07 Å². The van der Waals surface area contributed by atoms with Gasteiger partial charge in [0.05, 0.1) is 11.2 Å². The van der Waals surface area contributed by atoms with Crippen LogP contribution in [0.2, 0.25) is 5.02 Å². The lowest BCUT2D eigenvalue weighted by Gasteiger charge is -2.06. The van der Waals surface area contributed by atoms with E-state index in [0.717, 1.165) is 11.3 Å². The summed E-state index contributed by atoms with van der Waals surface area (Å²) in [6.45, 7) is 3.82. The normalized spacial score (nSPS) is 10.7. The largest absolute Gasteiger partial charge is 0.235 e. The minimum Gasteiger partial charge on any atom is -0.235 e. The molecule has 15 heavy (non-hydrogen) atoms. The van der Waals surface area contributed by atoms with Crippen molar-refractivity contribution < 1.29 is 4.39 Å². The summed E-state index contributed by atoms with van der Waals surface area (Å²) in [5.74, 6) is -0.439. The Kier molecular flexibility index (Phi) is 2.49. The second kappa shape index (κ2) is 3.66. The Morgan fingerprint density at radius 1 is 1.33 bits per heavy atom. The number of aromatic nitrogens is 2. The molecule has 1 heterocycles. The first-order valence-corrected chi connectivity index (χ1v) is 4.94. The molecule has 0 N–H and O–H groups in total. The molecule has 2 nitrogen and oxygen atoms in total. The minimum atomic E-state index is -0.439. The van der Waals surface area contributed by atoms with Gasteiger partial charge in [0, 0.05) is 5.69 Å². The molecule has 0 atom stereocenters. The van der Waals surface area contributed by atoms with Gasteiger partial charge in [0.15, 0.2) is 5.82 Å². The van der Waals surface area contributed by atoms with E-state index in [1.165, 1.54) is 6.07 Å². The van der Waals surface area contributed by atoms with E-state index in [2.05, 4.69) is 5.10 Å². The van der Waals surface area contributed by atoms with Gasteiger partial charge in [0.1, 0.15) is 5.69 Å². The van der Waals surface area contributed by atoms with Gasteiger partial charge in [0.2, 0.25) is 0 Å². The predicted octanol–water partition coefficient (Wildman–Crippen LogP) is 3.28. The molecule has 1 aromatic carbocycles. The van der Waals surface area contributed by atoms with Crippen molar-refractivity contribution in [2.75, 3.05) is 0 Å². The zero-order chi connectivity index (χ0) is 11.0. The topological polar surface area (TPSA) is 17.8 Å². The second-order valence-corrected chi connectivity index (χ2v) is 3.80. The Balaban J connectivity index is 2.64. The maximum absolute atomic E-state index is 13.7. The molecule has 0 aliphatic rings. The Hall–Kier alpha value is -1.35. The van der Waals surface area contributed by atoms with Gasteiger partial charge < -0.3 is 0 Å². The van der Waals surface area contributed by atoms with Crippen LogP contribution in [0.5, 0.6) is 0 Å². The summed E-state index contributed by atoms with van der Waals surface area (Å²) in [7, 11) is 0. The van der Waals surface area contributed by atoms with E-state index in [9.17, 15) is 4.39 Å². The van der Waals surface area contributed by atoms with E-state index in [0.29, 0.717) is 5.69 Å². The molecule has 0 saturated heterocycles. The molecule has 0 radical (unpaired) electrons. The van der Waals surface area contributed by atoms with E-state index in [-0.39, 0.29) is 5.02 Å². The fourth-order valence-corrected chi connectivity index (χ4v) is 1.56. The average Bonchev–Trinajstić information content (AvgIpc) is 2.53. The Bertz CT molecular complexity index is 505. The molecule has 0 unspecified atom stereocenters. The van der Waals surface area contributed by atoms with Crippen LogP contribution in [-0.4, -0.2) is 9.78 Å². The fraction of sp³-hybridized carbons (Fsp3) is 0.182. The summed E-state index contributed by atoms with van der Waals surface area (Å²) in [6.07, 6.45) is 1.70. The van der Waals surface area contributed by atoms with Crippen molar-refractivity contribution in [1.82, 2.24) is 9.78 Å². The molecule has 0 spiro atoms. The van der Waals surface area contributed by atoms with E-state index < -0.39 is 5.82 Å². The van der Waals surface area contributed by atoms with Crippen LogP contribution in [0.25, 0.3) is 5.69 Å². The molecule has 0 aliphatic heterocycles. The third kappa shape index (κ3) is 1.63. The zero-order valence-corrected chi connectivity index (χ0v) is 9.22. The molecule has 0 amide bonds. The average molecular weight is 225 g/mol. The molecule has 0 aliphatic carbocycles. The molecule has 2 aromatic rings. The van der Waals surface area contributed by atoms with Crippen LogP contribution in [0.3, 0.4) is 0 Å². The number of nitrogens with zero attached hydrogens (tertiary/aromatic N) is 2. The monoisotopic (exact) mass is 224 g/mol. The van der Waals surface area contributed by atoms with Crippen molar-refractivity contribution in [3.63, 3.8) is 0 Å². The Labute approximate surface area is 92.3 Å². The first-order chi connectivity index (χ1) is 7.11. The summed E-state index contributed by atoms with van der Waals surface area (Å²) >= 11 is 5.71. The first-order valence-electron chi connectivity index (χ1n) is 4.57. The van der Waals surface area contributed by atoms with Gasteiger partial charge in [-0.1, -0.05) is 17.7 Å². The molecular weight excluding hydrogens is 215 g/mol. The van der Waals surface area contributed by atoms with Gasteiger partial charge in [-0.05, 0) is 31.5 Å². The van der Waals surface area contributed by atoms with Crippen molar-refractivity contribution >= 4 is 11.6 Å². The van der Waals surface area contributed by atoms with Gasteiger partial charge in [0.25, 0.3) is 0 Å². The number of benzene rings is 1. The molecule has 2 rings (SSSR count). The maximum Gasteiger partial charge on any atom is 0.167 e. The number of aryl methyl sites for hydroxylation is 1.